The summed E-state index contributed by atoms with van der Waals surface area (Å²) in [6, 6.07) is 21.0. The highest BCUT2D eigenvalue weighted by molar-refractivity contribution is 14.0. The summed E-state index contributed by atoms with van der Waals surface area (Å²) in [5, 5.41) is 15.1. The first-order valence-corrected chi connectivity index (χ1v) is 10.1. The van der Waals surface area contributed by atoms with Crippen molar-refractivity contribution in [1.82, 2.24) is 25.4 Å². The fourth-order valence-corrected chi connectivity index (χ4v) is 3.18. The number of nitrogens with zero attached hydrogens (tertiary/aromatic N) is 4. The summed E-state index contributed by atoms with van der Waals surface area (Å²) in [5.41, 5.74) is 2.52. The van der Waals surface area contributed by atoms with Gasteiger partial charge in [-0.3, -0.25) is 0 Å². The van der Waals surface area contributed by atoms with Crippen LogP contribution in [-0.2, 0) is 18.3 Å². The van der Waals surface area contributed by atoms with Gasteiger partial charge in [-0.15, -0.1) is 34.2 Å². The van der Waals surface area contributed by atoms with Crippen LogP contribution in [0.3, 0.4) is 0 Å². The summed E-state index contributed by atoms with van der Waals surface area (Å²) >= 11 is 0. The first kappa shape index (κ1) is 24.8. The van der Waals surface area contributed by atoms with Gasteiger partial charge in [-0.2, -0.15) is 0 Å². The zero-order valence-electron chi connectivity index (χ0n) is 18.3. The fraction of sp³-hybridized carbons (Fsp3) is 0.348. The molecule has 31 heavy (non-hydrogen) atoms. The number of aromatic nitrogens is 3. The van der Waals surface area contributed by atoms with Gasteiger partial charge in [0, 0.05) is 33.2 Å². The van der Waals surface area contributed by atoms with Gasteiger partial charge in [0.25, 0.3) is 0 Å². The Balaban J connectivity index is 0.00000341. The number of halogens is 1. The van der Waals surface area contributed by atoms with Gasteiger partial charge < -0.3 is 19.9 Å². The minimum absolute atomic E-state index is 0. The number of rotatable bonds is 9. The van der Waals surface area contributed by atoms with Gasteiger partial charge in [-0.25, -0.2) is 4.99 Å². The predicted molar refractivity (Wildman–Crippen MR) is 135 cm³/mol. The highest BCUT2D eigenvalue weighted by Crippen LogP contribution is 2.23. The molecular weight excluding hydrogens is 503 g/mol. The molecule has 1 heterocycles. The molecule has 0 fully saturated rings. The van der Waals surface area contributed by atoms with Crippen LogP contribution in [0.5, 0.6) is 0 Å². The van der Waals surface area contributed by atoms with Crippen molar-refractivity contribution >= 4 is 29.9 Å². The molecule has 2 aromatic carbocycles. The van der Waals surface area contributed by atoms with E-state index in [1.807, 2.05) is 30.7 Å². The van der Waals surface area contributed by atoms with Gasteiger partial charge in [0.15, 0.2) is 11.8 Å². The topological polar surface area (TPSA) is 76.4 Å². The molecule has 3 aromatic rings. The largest absolute Gasteiger partial charge is 0.383 e. The van der Waals surface area contributed by atoms with Crippen LogP contribution in [0.4, 0.5) is 0 Å². The van der Waals surface area contributed by atoms with E-state index >= 15 is 0 Å². The molecule has 0 saturated carbocycles. The number of guanidine groups is 1. The van der Waals surface area contributed by atoms with Crippen molar-refractivity contribution in [2.45, 2.75) is 19.4 Å². The second-order valence-electron chi connectivity index (χ2n) is 7.06. The Hall–Kier alpha value is -2.46. The zero-order valence-corrected chi connectivity index (χ0v) is 20.6. The Morgan fingerprint density at radius 1 is 1.00 bits per heavy atom. The van der Waals surface area contributed by atoms with Crippen molar-refractivity contribution in [2.75, 3.05) is 26.8 Å². The van der Waals surface area contributed by atoms with E-state index in [2.05, 4.69) is 69.4 Å². The summed E-state index contributed by atoms with van der Waals surface area (Å²) in [7, 11) is 3.64. The van der Waals surface area contributed by atoms with Crippen molar-refractivity contribution in [3.63, 3.8) is 0 Å². The third-order valence-corrected chi connectivity index (χ3v) is 5.04. The molecule has 0 aliphatic heterocycles. The van der Waals surface area contributed by atoms with E-state index in [1.54, 1.807) is 7.11 Å². The van der Waals surface area contributed by atoms with Crippen LogP contribution in [0.25, 0.3) is 0 Å². The van der Waals surface area contributed by atoms with Crippen LogP contribution >= 0.6 is 24.0 Å². The lowest BCUT2D eigenvalue weighted by atomic mass is 9.91. The molecule has 8 heteroatoms. The van der Waals surface area contributed by atoms with Gasteiger partial charge in [0.2, 0.25) is 0 Å². The molecule has 2 N–H and O–H groups in total. The van der Waals surface area contributed by atoms with Crippen LogP contribution in [-0.4, -0.2) is 47.5 Å². The Labute approximate surface area is 201 Å². The monoisotopic (exact) mass is 534 g/mol. The molecule has 0 saturated heterocycles. The number of ether oxygens (including phenoxy) is 1. The quantitative estimate of drug-likeness (QED) is 0.191. The molecule has 0 spiro atoms. The van der Waals surface area contributed by atoms with Gasteiger partial charge >= 0.3 is 0 Å². The first-order valence-electron chi connectivity index (χ1n) is 10.1. The molecule has 0 amide bonds. The fourth-order valence-electron chi connectivity index (χ4n) is 3.18. The smallest absolute Gasteiger partial charge is 0.191 e. The van der Waals surface area contributed by atoms with E-state index in [1.165, 1.54) is 11.1 Å². The van der Waals surface area contributed by atoms with Crippen LogP contribution in [0.2, 0.25) is 0 Å². The maximum atomic E-state index is 5.17. The van der Waals surface area contributed by atoms with E-state index in [0.29, 0.717) is 26.2 Å². The highest BCUT2D eigenvalue weighted by Gasteiger charge is 2.15. The minimum Gasteiger partial charge on any atom is -0.383 e. The molecule has 0 aliphatic carbocycles. The number of aryl methyl sites for hydroxylation is 1. The van der Waals surface area contributed by atoms with Crippen molar-refractivity contribution in [2.24, 2.45) is 12.0 Å². The van der Waals surface area contributed by atoms with Crippen LogP contribution < -0.4 is 10.6 Å². The third-order valence-electron chi connectivity index (χ3n) is 5.04. The number of methoxy groups -OCH3 is 1. The highest BCUT2D eigenvalue weighted by atomic mass is 127. The number of aliphatic imine (C=N–C) groups is 1. The zero-order chi connectivity index (χ0) is 21.2. The molecule has 7 nitrogen and oxygen atoms in total. The lowest BCUT2D eigenvalue weighted by Gasteiger charge is -2.21. The van der Waals surface area contributed by atoms with Gasteiger partial charge in [-0.1, -0.05) is 60.7 Å². The summed E-state index contributed by atoms with van der Waals surface area (Å²) in [4.78, 5) is 4.71. The lowest BCUT2D eigenvalue weighted by molar-refractivity contribution is 0.203. The lowest BCUT2D eigenvalue weighted by Crippen LogP contribution is -2.41. The summed E-state index contributed by atoms with van der Waals surface area (Å²) < 4.78 is 7.12. The van der Waals surface area contributed by atoms with E-state index in [4.69, 9.17) is 9.73 Å². The van der Waals surface area contributed by atoms with Crippen molar-refractivity contribution in [3.8, 4) is 0 Å². The summed E-state index contributed by atoms with van der Waals surface area (Å²) in [6.07, 6.45) is 0. The average molecular weight is 534 g/mol. The third kappa shape index (κ3) is 7.32. The van der Waals surface area contributed by atoms with E-state index in [0.717, 1.165) is 17.6 Å². The predicted octanol–water partition coefficient (Wildman–Crippen LogP) is 3.26. The Morgan fingerprint density at radius 3 is 2.13 bits per heavy atom. The number of hydrogen-bond donors (Lipinski definition) is 2. The Morgan fingerprint density at radius 2 is 1.61 bits per heavy atom. The minimum atomic E-state index is 0. The van der Waals surface area contributed by atoms with Gasteiger partial charge in [0.1, 0.15) is 12.4 Å². The van der Waals surface area contributed by atoms with Crippen molar-refractivity contribution in [3.05, 3.63) is 83.4 Å². The normalized spacial score (nSPS) is 11.3. The van der Waals surface area contributed by atoms with Gasteiger partial charge in [-0.05, 0) is 18.1 Å². The summed E-state index contributed by atoms with van der Waals surface area (Å²) in [5.74, 6) is 2.63. The molecule has 0 radical (unpaired) electrons. The van der Waals surface area contributed by atoms with Crippen molar-refractivity contribution < 1.29 is 4.74 Å². The number of nitrogens with one attached hydrogen (secondary N) is 2. The van der Waals surface area contributed by atoms with Crippen molar-refractivity contribution in [1.29, 1.82) is 0 Å². The SMILES string of the molecule is COCCNC(=NCc1nnc(C)n1C)NCC(c1ccccc1)c1ccccc1.I. The first-order chi connectivity index (χ1) is 14.7. The second-order valence-corrected chi connectivity index (χ2v) is 7.06. The second kappa shape index (κ2) is 13.1. The van der Waals surface area contributed by atoms with E-state index < -0.39 is 0 Å². The van der Waals surface area contributed by atoms with Gasteiger partial charge in [0.05, 0.1) is 6.61 Å². The number of hydrogen-bond acceptors (Lipinski definition) is 4. The number of benzene rings is 2. The molecule has 0 aliphatic rings. The Bertz CT molecular complexity index is 890. The molecule has 3 rings (SSSR count). The maximum Gasteiger partial charge on any atom is 0.191 e. The molecular formula is C23H31IN6O. The standard InChI is InChI=1S/C23H30N6O.HI/c1-18-27-28-22(29(18)2)17-26-23(24-14-15-30-3)25-16-21(19-10-6-4-7-11-19)20-12-8-5-9-13-20;/h4-13,21H,14-17H2,1-3H3,(H2,24,25,26);1H. The molecule has 0 atom stereocenters. The Kier molecular flexibility index (Phi) is 10.5. The van der Waals surface area contributed by atoms with E-state index in [9.17, 15) is 0 Å². The molecule has 0 bridgehead atoms. The molecule has 166 valence electrons. The average Bonchev–Trinajstić information content (AvgIpc) is 3.11. The van der Waals surface area contributed by atoms with Crippen LogP contribution in [0.15, 0.2) is 65.7 Å². The van der Waals surface area contributed by atoms with Crippen LogP contribution in [0, 0.1) is 6.92 Å². The van der Waals surface area contributed by atoms with Crippen LogP contribution in [0.1, 0.15) is 28.7 Å². The maximum absolute atomic E-state index is 5.17. The molecule has 1 aromatic heterocycles. The molecule has 0 unspecified atom stereocenters. The summed E-state index contributed by atoms with van der Waals surface area (Å²) in [6.45, 7) is 4.36. The van der Waals surface area contributed by atoms with E-state index in [-0.39, 0.29) is 29.9 Å².